The van der Waals surface area contributed by atoms with E-state index >= 15 is 0 Å². The minimum absolute atomic E-state index is 0.0544. The number of aryl methyl sites for hydroxylation is 1. The molecule has 2 aromatic rings. The number of nitrogens with zero attached hydrogens (tertiary/aromatic N) is 3. The van der Waals surface area contributed by atoms with Crippen molar-refractivity contribution >= 4 is 23.3 Å². The number of amides is 2. The van der Waals surface area contributed by atoms with Crippen LogP contribution in [0.2, 0.25) is 0 Å². The van der Waals surface area contributed by atoms with Crippen molar-refractivity contribution in [1.82, 2.24) is 10.3 Å². The number of hydrogen-bond donors (Lipinski definition) is 1. The minimum Gasteiger partial charge on any atom is -0.335 e. The van der Waals surface area contributed by atoms with Gasteiger partial charge in [-0.15, -0.1) is 0 Å². The largest absolute Gasteiger partial charge is 0.335 e. The van der Waals surface area contributed by atoms with E-state index in [0.717, 1.165) is 11.1 Å². The highest BCUT2D eigenvalue weighted by Gasteiger charge is 2.27. The second kappa shape index (κ2) is 7.17. The third-order valence-corrected chi connectivity index (χ3v) is 4.07. The van der Waals surface area contributed by atoms with E-state index in [2.05, 4.69) is 10.4 Å². The Kier molecular flexibility index (Phi) is 4.79. The van der Waals surface area contributed by atoms with Crippen molar-refractivity contribution in [2.24, 2.45) is 4.99 Å². The van der Waals surface area contributed by atoms with Crippen molar-refractivity contribution in [3.05, 3.63) is 65.7 Å². The zero-order valence-electron chi connectivity index (χ0n) is 14.3. The molecule has 0 radical (unpaired) electrons. The molecule has 0 saturated heterocycles. The SMILES string of the molecule is Cc1ccccc1CN(C)C(=O)C1=NCC(=O)N(c2ccccc2)N1. The number of likely N-dealkylation sites (N-methyl/N-ethyl adjacent to an activating group) is 1. The highest BCUT2D eigenvalue weighted by Crippen LogP contribution is 2.14. The number of benzene rings is 2. The summed E-state index contributed by atoms with van der Waals surface area (Å²) in [7, 11) is 1.72. The van der Waals surface area contributed by atoms with Crippen LogP contribution in [0.1, 0.15) is 11.1 Å². The summed E-state index contributed by atoms with van der Waals surface area (Å²) in [6.45, 7) is 2.44. The lowest BCUT2D eigenvalue weighted by Crippen LogP contribution is -2.55. The number of para-hydroxylation sites is 1. The molecule has 1 heterocycles. The first-order valence-corrected chi connectivity index (χ1v) is 8.05. The Hall–Kier alpha value is -3.15. The topological polar surface area (TPSA) is 65.0 Å². The maximum absolute atomic E-state index is 12.7. The van der Waals surface area contributed by atoms with Gasteiger partial charge in [0.2, 0.25) is 5.84 Å². The van der Waals surface area contributed by atoms with E-state index in [-0.39, 0.29) is 24.2 Å². The molecule has 3 rings (SSSR count). The molecule has 25 heavy (non-hydrogen) atoms. The standard InChI is InChI=1S/C19H20N4O2/c1-14-8-6-7-9-15(14)13-22(2)19(25)18-20-12-17(24)23(21-18)16-10-4-3-5-11-16/h3-11H,12-13H2,1-2H3,(H,20,21). The van der Waals surface area contributed by atoms with Gasteiger partial charge in [-0.1, -0.05) is 42.5 Å². The summed E-state index contributed by atoms with van der Waals surface area (Å²) in [5, 5.41) is 1.36. The molecule has 0 aliphatic carbocycles. The number of carbonyl (C=O) groups excluding carboxylic acids is 2. The van der Waals surface area contributed by atoms with Gasteiger partial charge in [0.1, 0.15) is 6.54 Å². The average Bonchev–Trinajstić information content (AvgIpc) is 2.64. The number of nitrogens with one attached hydrogen (secondary N) is 1. The second-order valence-corrected chi connectivity index (χ2v) is 5.93. The monoisotopic (exact) mass is 336 g/mol. The predicted molar refractivity (Wildman–Crippen MR) is 97.0 cm³/mol. The number of amidine groups is 1. The minimum atomic E-state index is -0.253. The quantitative estimate of drug-likeness (QED) is 0.927. The van der Waals surface area contributed by atoms with Gasteiger partial charge in [0, 0.05) is 13.6 Å². The molecule has 0 fully saturated rings. The Labute approximate surface area is 146 Å². The maximum atomic E-state index is 12.7. The normalized spacial score (nSPS) is 13.9. The number of rotatable bonds is 4. The first-order valence-electron chi connectivity index (χ1n) is 8.05. The van der Waals surface area contributed by atoms with E-state index in [4.69, 9.17) is 0 Å². The fourth-order valence-corrected chi connectivity index (χ4v) is 2.62. The maximum Gasteiger partial charge on any atom is 0.290 e. The Morgan fingerprint density at radius 1 is 1.16 bits per heavy atom. The Balaban J connectivity index is 1.73. The smallest absolute Gasteiger partial charge is 0.290 e. The van der Waals surface area contributed by atoms with Crippen LogP contribution in [0.5, 0.6) is 0 Å². The first kappa shape index (κ1) is 16.7. The van der Waals surface area contributed by atoms with E-state index in [1.165, 1.54) is 5.01 Å². The lowest BCUT2D eigenvalue weighted by atomic mass is 10.1. The van der Waals surface area contributed by atoms with Crippen LogP contribution in [0, 0.1) is 6.92 Å². The lowest BCUT2D eigenvalue weighted by molar-refractivity contribution is -0.123. The molecular formula is C19H20N4O2. The molecule has 6 nitrogen and oxygen atoms in total. The van der Waals surface area contributed by atoms with Crippen LogP contribution in [0.3, 0.4) is 0 Å². The van der Waals surface area contributed by atoms with Crippen molar-refractivity contribution in [3.8, 4) is 0 Å². The summed E-state index contributed by atoms with van der Waals surface area (Å²) >= 11 is 0. The van der Waals surface area contributed by atoms with Crippen molar-refractivity contribution in [2.75, 3.05) is 18.6 Å². The van der Waals surface area contributed by atoms with Crippen LogP contribution in [0.4, 0.5) is 5.69 Å². The fourth-order valence-electron chi connectivity index (χ4n) is 2.62. The molecule has 0 bridgehead atoms. The molecule has 0 saturated carbocycles. The average molecular weight is 336 g/mol. The Morgan fingerprint density at radius 2 is 1.84 bits per heavy atom. The molecule has 1 aliphatic heterocycles. The molecule has 0 spiro atoms. The highest BCUT2D eigenvalue weighted by molar-refractivity contribution is 6.39. The van der Waals surface area contributed by atoms with Gasteiger partial charge < -0.3 is 4.90 Å². The van der Waals surface area contributed by atoms with Gasteiger partial charge in [-0.25, -0.2) is 5.01 Å². The number of hydrogen-bond acceptors (Lipinski definition) is 4. The number of carbonyl (C=O) groups is 2. The molecule has 0 atom stereocenters. The summed E-state index contributed by atoms with van der Waals surface area (Å²) in [4.78, 5) is 30.5. The second-order valence-electron chi connectivity index (χ2n) is 5.93. The van der Waals surface area contributed by atoms with E-state index in [9.17, 15) is 9.59 Å². The van der Waals surface area contributed by atoms with Crippen molar-refractivity contribution < 1.29 is 9.59 Å². The van der Waals surface area contributed by atoms with Gasteiger partial charge in [-0.2, -0.15) is 0 Å². The Morgan fingerprint density at radius 3 is 2.56 bits per heavy atom. The predicted octanol–water partition coefficient (Wildman–Crippen LogP) is 1.90. The number of aliphatic imine (C=N–C) groups is 1. The van der Waals surface area contributed by atoms with Crippen LogP contribution in [0.15, 0.2) is 59.6 Å². The molecule has 6 heteroatoms. The summed E-state index contributed by atoms with van der Waals surface area (Å²) in [6, 6.07) is 17.1. The van der Waals surface area contributed by atoms with Gasteiger partial charge >= 0.3 is 0 Å². The van der Waals surface area contributed by atoms with Gasteiger partial charge in [-0.05, 0) is 30.2 Å². The summed E-state index contributed by atoms with van der Waals surface area (Å²) in [5.74, 6) is -0.291. The van der Waals surface area contributed by atoms with Crippen LogP contribution < -0.4 is 10.4 Å². The summed E-state index contributed by atoms with van der Waals surface area (Å²) in [5.41, 5.74) is 5.72. The fraction of sp³-hybridized carbons (Fsp3) is 0.211. The molecule has 2 aromatic carbocycles. The van der Waals surface area contributed by atoms with Crippen molar-refractivity contribution in [2.45, 2.75) is 13.5 Å². The molecule has 0 aromatic heterocycles. The third kappa shape index (κ3) is 3.68. The van der Waals surface area contributed by atoms with Crippen LogP contribution >= 0.6 is 0 Å². The summed E-state index contributed by atoms with van der Waals surface area (Å²) in [6.07, 6.45) is 0. The Bertz CT molecular complexity index is 817. The zero-order valence-corrected chi connectivity index (χ0v) is 14.3. The number of hydrazine groups is 1. The van der Waals surface area contributed by atoms with Gasteiger partial charge in [-0.3, -0.25) is 20.0 Å². The zero-order chi connectivity index (χ0) is 17.8. The summed E-state index contributed by atoms with van der Waals surface area (Å²) < 4.78 is 0. The molecule has 2 amide bonds. The molecule has 1 N–H and O–H groups in total. The van der Waals surface area contributed by atoms with Gasteiger partial charge in [0.15, 0.2) is 0 Å². The van der Waals surface area contributed by atoms with Gasteiger partial charge in [0.05, 0.1) is 5.69 Å². The van der Waals surface area contributed by atoms with E-state index in [1.54, 1.807) is 24.1 Å². The molecule has 1 aliphatic rings. The first-order chi connectivity index (χ1) is 12.1. The molecular weight excluding hydrogens is 316 g/mol. The highest BCUT2D eigenvalue weighted by atomic mass is 16.2. The molecule has 128 valence electrons. The number of anilines is 1. The molecule has 0 unspecified atom stereocenters. The van der Waals surface area contributed by atoms with Crippen LogP contribution in [-0.4, -0.2) is 36.1 Å². The van der Waals surface area contributed by atoms with Crippen LogP contribution in [0.25, 0.3) is 0 Å². The van der Waals surface area contributed by atoms with Crippen molar-refractivity contribution in [1.29, 1.82) is 0 Å². The van der Waals surface area contributed by atoms with E-state index < -0.39 is 0 Å². The lowest BCUT2D eigenvalue weighted by Gasteiger charge is -2.29. The third-order valence-electron chi connectivity index (χ3n) is 4.07. The van der Waals surface area contributed by atoms with E-state index in [1.807, 2.05) is 49.4 Å². The van der Waals surface area contributed by atoms with Crippen LogP contribution in [-0.2, 0) is 16.1 Å². The van der Waals surface area contributed by atoms with Gasteiger partial charge in [0.25, 0.3) is 11.8 Å². The van der Waals surface area contributed by atoms with Crippen molar-refractivity contribution in [3.63, 3.8) is 0 Å². The van der Waals surface area contributed by atoms with E-state index in [0.29, 0.717) is 12.2 Å².